The number of morpholine rings is 1. The number of fused-ring (bicyclic) bond motifs is 1. The summed E-state index contributed by atoms with van der Waals surface area (Å²) in [6, 6.07) is 19.9. The summed E-state index contributed by atoms with van der Waals surface area (Å²) < 4.78 is 23.2. The van der Waals surface area contributed by atoms with Crippen LogP contribution in [-0.2, 0) is 20.7 Å². The lowest BCUT2D eigenvalue weighted by molar-refractivity contribution is -0.136. The predicted molar refractivity (Wildman–Crippen MR) is 169 cm³/mol. The first-order valence-electron chi connectivity index (χ1n) is 14.5. The number of methoxy groups -OCH3 is 1. The topological polar surface area (TPSA) is 111 Å². The number of aromatic nitrogens is 1. The van der Waals surface area contributed by atoms with Gasteiger partial charge in [0.25, 0.3) is 0 Å². The van der Waals surface area contributed by atoms with Gasteiger partial charge in [-0.1, -0.05) is 41.9 Å². The lowest BCUT2D eigenvalue weighted by Crippen LogP contribution is -2.37. The van der Waals surface area contributed by atoms with Crippen molar-refractivity contribution in [2.24, 2.45) is 0 Å². The maximum absolute atomic E-state index is 12.4. The molecule has 0 radical (unpaired) electrons. The van der Waals surface area contributed by atoms with Gasteiger partial charge in [0.15, 0.2) is 11.5 Å². The van der Waals surface area contributed by atoms with Gasteiger partial charge in [0, 0.05) is 49.5 Å². The normalized spacial score (nSPS) is 13.3. The molecule has 2 heterocycles. The van der Waals surface area contributed by atoms with Gasteiger partial charge in [0.2, 0.25) is 0 Å². The number of nitrogens with one attached hydrogen (secondary N) is 2. The zero-order valence-electron chi connectivity index (χ0n) is 24.5. The van der Waals surface area contributed by atoms with Crippen LogP contribution in [-0.4, -0.2) is 74.8 Å². The van der Waals surface area contributed by atoms with Crippen LogP contribution >= 0.6 is 11.6 Å². The Balaban J connectivity index is 1.19. The fourth-order valence-corrected chi connectivity index (χ4v) is 5.02. The largest absolute Gasteiger partial charge is 0.493 e. The number of hydrogen-bond acceptors (Lipinski definition) is 8. The molecule has 230 valence electrons. The van der Waals surface area contributed by atoms with Crippen LogP contribution in [0.25, 0.3) is 10.9 Å². The minimum atomic E-state index is -0.783. The molecule has 0 bridgehead atoms. The Bertz CT molecular complexity index is 1580. The Labute approximate surface area is 261 Å². The van der Waals surface area contributed by atoms with Gasteiger partial charge in [-0.25, -0.2) is 0 Å². The smallest absolute Gasteiger partial charge is 0.313 e. The average molecular weight is 619 g/mol. The first kappa shape index (κ1) is 31.1. The number of benzene rings is 3. The summed E-state index contributed by atoms with van der Waals surface area (Å²) in [5, 5.41) is 6.17. The van der Waals surface area contributed by atoms with Crippen LogP contribution in [0.1, 0.15) is 12.0 Å². The van der Waals surface area contributed by atoms with E-state index in [-0.39, 0.29) is 5.02 Å². The van der Waals surface area contributed by atoms with Gasteiger partial charge in [0.05, 0.1) is 37.5 Å². The molecule has 5 rings (SSSR count). The summed E-state index contributed by atoms with van der Waals surface area (Å²) in [7, 11) is 1.59. The molecule has 0 saturated carbocycles. The van der Waals surface area contributed by atoms with Crippen LogP contribution in [0.5, 0.6) is 23.0 Å². The van der Waals surface area contributed by atoms with Crippen molar-refractivity contribution in [3.63, 3.8) is 0 Å². The van der Waals surface area contributed by atoms with Crippen molar-refractivity contribution in [3.05, 3.63) is 83.5 Å². The highest BCUT2D eigenvalue weighted by atomic mass is 35.5. The highest BCUT2D eigenvalue weighted by Gasteiger charge is 2.16. The van der Waals surface area contributed by atoms with Crippen molar-refractivity contribution >= 4 is 40.0 Å². The molecule has 44 heavy (non-hydrogen) atoms. The van der Waals surface area contributed by atoms with Crippen molar-refractivity contribution < 1.29 is 28.5 Å². The first-order valence-corrected chi connectivity index (χ1v) is 14.9. The number of amides is 2. The van der Waals surface area contributed by atoms with Crippen LogP contribution in [0.2, 0.25) is 5.02 Å². The number of hydrogen-bond donors (Lipinski definition) is 2. The summed E-state index contributed by atoms with van der Waals surface area (Å²) >= 11 is 6.51. The molecule has 1 aliphatic heterocycles. The molecule has 0 spiro atoms. The molecule has 4 aromatic rings. The van der Waals surface area contributed by atoms with Crippen LogP contribution in [0.15, 0.2) is 72.9 Å². The molecule has 2 amide bonds. The zero-order chi connectivity index (χ0) is 30.7. The van der Waals surface area contributed by atoms with Crippen LogP contribution in [0, 0.1) is 0 Å². The second-order valence-electron chi connectivity index (χ2n) is 10.2. The number of halogens is 1. The highest BCUT2D eigenvalue weighted by molar-refractivity contribution is 6.40. The molecule has 0 aliphatic carbocycles. The van der Waals surface area contributed by atoms with E-state index in [0.29, 0.717) is 59.2 Å². The Morgan fingerprint density at radius 1 is 0.955 bits per heavy atom. The predicted octanol–water partition coefficient (Wildman–Crippen LogP) is 5.09. The van der Waals surface area contributed by atoms with Crippen LogP contribution in [0.4, 0.5) is 5.69 Å². The van der Waals surface area contributed by atoms with Gasteiger partial charge in [-0.2, -0.15) is 0 Å². The second-order valence-corrected chi connectivity index (χ2v) is 10.6. The van der Waals surface area contributed by atoms with Gasteiger partial charge in [0.1, 0.15) is 11.5 Å². The lowest BCUT2D eigenvalue weighted by Gasteiger charge is -2.26. The van der Waals surface area contributed by atoms with E-state index in [0.717, 1.165) is 44.8 Å². The van der Waals surface area contributed by atoms with E-state index >= 15 is 0 Å². The summed E-state index contributed by atoms with van der Waals surface area (Å²) in [4.78, 5) is 31.5. The maximum Gasteiger partial charge on any atom is 0.313 e. The molecule has 1 aliphatic rings. The number of pyridine rings is 1. The molecule has 1 saturated heterocycles. The van der Waals surface area contributed by atoms with Crippen molar-refractivity contribution in [2.75, 3.05) is 58.4 Å². The Morgan fingerprint density at radius 2 is 1.77 bits per heavy atom. The van der Waals surface area contributed by atoms with Crippen LogP contribution < -0.4 is 24.8 Å². The summed E-state index contributed by atoms with van der Waals surface area (Å²) in [5.74, 6) is 0.543. The maximum atomic E-state index is 12.4. The van der Waals surface area contributed by atoms with Crippen molar-refractivity contribution in [1.29, 1.82) is 0 Å². The lowest BCUT2D eigenvalue weighted by atomic mass is 10.1. The van der Waals surface area contributed by atoms with Gasteiger partial charge < -0.3 is 29.6 Å². The minimum absolute atomic E-state index is 0.254. The molecule has 2 N–H and O–H groups in total. The molecule has 0 unspecified atom stereocenters. The number of carbonyl (C=O) groups excluding carboxylic acids is 2. The van der Waals surface area contributed by atoms with E-state index in [1.165, 1.54) is 6.07 Å². The van der Waals surface area contributed by atoms with E-state index < -0.39 is 11.8 Å². The third kappa shape index (κ3) is 8.37. The van der Waals surface area contributed by atoms with E-state index in [2.05, 4.69) is 20.5 Å². The number of anilines is 1. The first-order chi connectivity index (χ1) is 21.5. The molecular formula is C33H35ClN4O6. The fourth-order valence-electron chi connectivity index (χ4n) is 4.80. The van der Waals surface area contributed by atoms with E-state index in [9.17, 15) is 9.59 Å². The van der Waals surface area contributed by atoms with Gasteiger partial charge in [-0.15, -0.1) is 0 Å². The molecule has 11 heteroatoms. The monoisotopic (exact) mass is 618 g/mol. The van der Waals surface area contributed by atoms with Crippen molar-refractivity contribution in [3.8, 4) is 23.0 Å². The van der Waals surface area contributed by atoms with Crippen LogP contribution in [0.3, 0.4) is 0 Å². The summed E-state index contributed by atoms with van der Waals surface area (Å²) in [6.07, 6.45) is 3.15. The Hall–Kier alpha value is -4.38. The number of rotatable bonds is 12. The van der Waals surface area contributed by atoms with Gasteiger partial charge >= 0.3 is 11.8 Å². The molecule has 0 atom stereocenters. The fraction of sp³-hybridized carbons (Fsp3) is 0.303. The van der Waals surface area contributed by atoms with Crippen molar-refractivity contribution in [2.45, 2.75) is 12.8 Å². The minimum Gasteiger partial charge on any atom is -0.493 e. The average Bonchev–Trinajstić information content (AvgIpc) is 3.05. The highest BCUT2D eigenvalue weighted by Crippen LogP contribution is 2.39. The van der Waals surface area contributed by atoms with E-state index in [4.69, 9.17) is 30.5 Å². The van der Waals surface area contributed by atoms with Gasteiger partial charge in [-0.05, 0) is 48.7 Å². The SMILES string of the molecule is COc1cc2c(Oc3ccc(NC(=O)C(=O)NCCc4ccccc4)cc3Cl)ccnc2cc1OCCCN1CCOCC1. The number of nitrogens with zero attached hydrogens (tertiary/aromatic N) is 2. The van der Waals surface area contributed by atoms with Gasteiger partial charge in [-0.3, -0.25) is 19.5 Å². The Kier molecular flexibility index (Phi) is 10.9. The quantitative estimate of drug-likeness (QED) is 0.167. The second kappa shape index (κ2) is 15.4. The molecule has 1 aromatic heterocycles. The molecule has 1 fully saturated rings. The summed E-state index contributed by atoms with van der Waals surface area (Å²) in [5.41, 5.74) is 2.10. The third-order valence-corrected chi connectivity index (χ3v) is 7.42. The number of ether oxygens (including phenoxy) is 4. The Morgan fingerprint density at radius 3 is 2.55 bits per heavy atom. The molecule has 10 nitrogen and oxygen atoms in total. The standard InChI is InChI=1S/C33H35ClN4O6/c1-41-30-21-25-27(22-31(30)43-17-5-14-38-15-18-42-19-16-38)35-13-11-28(25)44-29-9-8-24(20-26(29)34)37-33(40)32(39)36-12-10-23-6-3-2-4-7-23/h2-4,6-9,11,13,20-22H,5,10,12,14-19H2,1H3,(H,36,39)(H,37,40). The number of carbonyl (C=O) groups is 2. The van der Waals surface area contributed by atoms with E-state index in [1.807, 2.05) is 42.5 Å². The zero-order valence-corrected chi connectivity index (χ0v) is 25.3. The third-order valence-electron chi connectivity index (χ3n) is 7.12. The van der Waals surface area contributed by atoms with Crippen molar-refractivity contribution in [1.82, 2.24) is 15.2 Å². The molecule has 3 aromatic carbocycles. The molecular weight excluding hydrogens is 584 g/mol. The summed E-state index contributed by atoms with van der Waals surface area (Å²) in [6.45, 7) is 5.27. The van der Waals surface area contributed by atoms with E-state index in [1.54, 1.807) is 31.5 Å².